The minimum Gasteiger partial charge on any atom is -0.443 e. The van der Waals surface area contributed by atoms with Crippen LogP contribution in [0.4, 0.5) is 5.82 Å². The molecule has 0 aliphatic carbocycles. The summed E-state index contributed by atoms with van der Waals surface area (Å²) in [6, 6.07) is 9.76. The fourth-order valence-corrected chi connectivity index (χ4v) is 3.59. The molecule has 1 amide bonds. The van der Waals surface area contributed by atoms with Gasteiger partial charge in [0.15, 0.2) is 17.8 Å². The number of nitrogen functional groups attached to an aromatic ring is 1. The number of carbonyl (C=O) groups excluding carboxylic acids is 1. The number of aryl methyl sites for hydroxylation is 1. The van der Waals surface area contributed by atoms with Crippen LogP contribution in [-0.2, 0) is 6.54 Å². The number of anilines is 1. The van der Waals surface area contributed by atoms with Gasteiger partial charge in [-0.2, -0.15) is 0 Å². The van der Waals surface area contributed by atoms with E-state index in [9.17, 15) is 4.79 Å². The second-order valence-electron chi connectivity index (χ2n) is 7.40. The van der Waals surface area contributed by atoms with E-state index in [1.807, 2.05) is 43.1 Å². The number of nitrogens with two attached hydrogens (primary N) is 1. The van der Waals surface area contributed by atoms with Crippen LogP contribution in [0.3, 0.4) is 0 Å². The van der Waals surface area contributed by atoms with E-state index >= 15 is 0 Å². The molecule has 29 heavy (non-hydrogen) atoms. The number of likely N-dealkylation sites (N-methyl/N-ethyl adjacent to an activating group) is 1. The van der Waals surface area contributed by atoms with Gasteiger partial charge in [0.2, 0.25) is 0 Å². The van der Waals surface area contributed by atoms with Gasteiger partial charge in [0.1, 0.15) is 11.6 Å². The van der Waals surface area contributed by atoms with Gasteiger partial charge in [-0.25, -0.2) is 15.0 Å². The number of hydrogen-bond acceptors (Lipinski definition) is 7. The van der Waals surface area contributed by atoms with Crippen molar-refractivity contribution in [3.05, 3.63) is 60.0 Å². The molecule has 4 rings (SSSR count). The molecule has 1 aromatic carbocycles. The molecule has 2 N–H and O–H groups in total. The van der Waals surface area contributed by atoms with Gasteiger partial charge in [0.25, 0.3) is 5.91 Å². The van der Waals surface area contributed by atoms with Crippen LogP contribution in [0.1, 0.15) is 28.3 Å². The summed E-state index contributed by atoms with van der Waals surface area (Å²) >= 11 is 0. The maximum absolute atomic E-state index is 13.1. The summed E-state index contributed by atoms with van der Waals surface area (Å²) in [5, 5.41) is 0. The van der Waals surface area contributed by atoms with Gasteiger partial charge < -0.3 is 15.1 Å². The first-order valence-corrected chi connectivity index (χ1v) is 9.58. The first kappa shape index (κ1) is 19.1. The average molecular weight is 392 g/mol. The molecule has 0 spiro atoms. The Morgan fingerprint density at radius 3 is 2.83 bits per heavy atom. The second-order valence-corrected chi connectivity index (χ2v) is 7.40. The first-order valence-electron chi connectivity index (χ1n) is 9.58. The van der Waals surface area contributed by atoms with Crippen LogP contribution in [0.25, 0.3) is 11.3 Å². The van der Waals surface area contributed by atoms with Crippen molar-refractivity contribution in [2.75, 3.05) is 25.9 Å². The van der Waals surface area contributed by atoms with Crippen molar-refractivity contribution < 1.29 is 9.21 Å². The number of hydrogen-bond donors (Lipinski definition) is 1. The van der Waals surface area contributed by atoms with Gasteiger partial charge in [-0.15, -0.1) is 0 Å². The Kier molecular flexibility index (Phi) is 5.26. The Labute approximate surface area is 169 Å². The highest BCUT2D eigenvalue weighted by Gasteiger charge is 2.32. The summed E-state index contributed by atoms with van der Waals surface area (Å²) in [7, 11) is 2.01. The molecule has 0 saturated carbocycles. The van der Waals surface area contributed by atoms with Crippen LogP contribution in [0.2, 0.25) is 0 Å². The Morgan fingerprint density at radius 2 is 2.07 bits per heavy atom. The normalized spacial score (nSPS) is 16.5. The number of benzene rings is 1. The number of likely N-dealkylation sites (tertiary alicyclic amines) is 1. The summed E-state index contributed by atoms with van der Waals surface area (Å²) in [4.78, 5) is 29.8. The quantitative estimate of drug-likeness (QED) is 0.711. The monoisotopic (exact) mass is 392 g/mol. The molecule has 1 atom stereocenters. The van der Waals surface area contributed by atoms with Gasteiger partial charge in [-0.3, -0.25) is 9.69 Å². The first-order chi connectivity index (χ1) is 14.0. The predicted molar refractivity (Wildman–Crippen MR) is 109 cm³/mol. The molecule has 1 unspecified atom stereocenters. The van der Waals surface area contributed by atoms with Gasteiger partial charge in [-0.1, -0.05) is 29.8 Å². The molecule has 8 heteroatoms. The highest BCUT2D eigenvalue weighted by Crippen LogP contribution is 2.26. The molecule has 0 radical (unpaired) electrons. The van der Waals surface area contributed by atoms with E-state index in [0.29, 0.717) is 42.7 Å². The summed E-state index contributed by atoms with van der Waals surface area (Å²) in [6.07, 6.45) is 3.87. The zero-order valence-electron chi connectivity index (χ0n) is 16.6. The number of carbonyl (C=O) groups is 1. The molecule has 1 saturated heterocycles. The van der Waals surface area contributed by atoms with Crippen molar-refractivity contribution in [3.63, 3.8) is 0 Å². The lowest BCUT2D eigenvalue weighted by molar-refractivity contribution is 0.0774. The maximum Gasteiger partial charge on any atom is 0.276 e. The smallest absolute Gasteiger partial charge is 0.276 e. The molecule has 0 bridgehead atoms. The molecule has 1 aliphatic rings. The molecule has 3 aromatic rings. The fourth-order valence-electron chi connectivity index (χ4n) is 3.59. The summed E-state index contributed by atoms with van der Waals surface area (Å²) < 4.78 is 5.54. The molecule has 150 valence electrons. The number of nitrogens with zero attached hydrogens (tertiary/aromatic N) is 5. The zero-order chi connectivity index (χ0) is 20.4. The number of rotatable bonds is 5. The third kappa shape index (κ3) is 4.12. The van der Waals surface area contributed by atoms with Gasteiger partial charge in [0, 0.05) is 30.9 Å². The fraction of sp³-hybridized carbons (Fsp3) is 0.333. The maximum atomic E-state index is 13.1. The van der Waals surface area contributed by atoms with Crippen molar-refractivity contribution in [2.45, 2.75) is 25.9 Å². The largest absolute Gasteiger partial charge is 0.443 e. The van der Waals surface area contributed by atoms with Crippen LogP contribution >= 0.6 is 0 Å². The van der Waals surface area contributed by atoms with Crippen molar-refractivity contribution in [3.8, 4) is 11.3 Å². The minimum absolute atomic E-state index is 0.106. The Morgan fingerprint density at radius 1 is 1.28 bits per heavy atom. The lowest BCUT2D eigenvalue weighted by Gasteiger charge is -2.23. The van der Waals surface area contributed by atoms with Crippen molar-refractivity contribution in [1.29, 1.82) is 0 Å². The summed E-state index contributed by atoms with van der Waals surface area (Å²) in [5.41, 5.74) is 8.09. The molecule has 8 nitrogen and oxygen atoms in total. The topological polar surface area (TPSA) is 101 Å². The van der Waals surface area contributed by atoms with Crippen molar-refractivity contribution in [2.24, 2.45) is 0 Å². The number of oxazole rings is 1. The van der Waals surface area contributed by atoms with E-state index in [-0.39, 0.29) is 11.9 Å². The van der Waals surface area contributed by atoms with E-state index < -0.39 is 0 Å². The summed E-state index contributed by atoms with van der Waals surface area (Å²) in [6.45, 7) is 3.89. The highest BCUT2D eigenvalue weighted by atomic mass is 16.3. The van der Waals surface area contributed by atoms with E-state index in [4.69, 9.17) is 10.2 Å². The van der Waals surface area contributed by atoms with Crippen LogP contribution in [0.5, 0.6) is 0 Å². The zero-order valence-corrected chi connectivity index (χ0v) is 16.6. The lowest BCUT2D eigenvalue weighted by Crippen LogP contribution is -2.36. The Hall–Kier alpha value is -3.26. The molecule has 1 fully saturated rings. The van der Waals surface area contributed by atoms with Gasteiger partial charge in [-0.05, 0) is 26.5 Å². The van der Waals surface area contributed by atoms with Gasteiger partial charge >= 0.3 is 0 Å². The van der Waals surface area contributed by atoms with Gasteiger partial charge in [0.05, 0.1) is 6.54 Å². The van der Waals surface area contributed by atoms with Crippen LogP contribution in [-0.4, -0.2) is 56.8 Å². The number of aromatic nitrogens is 3. The van der Waals surface area contributed by atoms with Crippen LogP contribution in [0, 0.1) is 6.92 Å². The summed E-state index contributed by atoms with van der Waals surface area (Å²) in [5.74, 6) is 1.54. The van der Waals surface area contributed by atoms with E-state index in [0.717, 1.165) is 17.5 Å². The SMILES string of the molecule is Cc1ccc(-c2ocnc2C(=O)N2CCC(N(C)Cc3nccc(N)n3)C2)cc1. The Bertz CT molecular complexity index is 1000. The third-order valence-electron chi connectivity index (χ3n) is 5.28. The van der Waals surface area contributed by atoms with E-state index in [1.165, 1.54) is 6.39 Å². The van der Waals surface area contributed by atoms with Crippen molar-refractivity contribution in [1.82, 2.24) is 24.8 Å². The van der Waals surface area contributed by atoms with E-state index in [2.05, 4.69) is 19.9 Å². The molecule has 2 aromatic heterocycles. The molecule has 3 heterocycles. The predicted octanol–water partition coefficient (Wildman–Crippen LogP) is 2.37. The second kappa shape index (κ2) is 8.00. The molecule has 1 aliphatic heterocycles. The Balaban J connectivity index is 1.44. The van der Waals surface area contributed by atoms with Crippen LogP contribution < -0.4 is 5.73 Å². The number of amides is 1. The minimum atomic E-state index is -0.106. The lowest BCUT2D eigenvalue weighted by atomic mass is 10.1. The van der Waals surface area contributed by atoms with Crippen LogP contribution in [0.15, 0.2) is 47.3 Å². The average Bonchev–Trinajstić information content (AvgIpc) is 3.38. The van der Waals surface area contributed by atoms with Crippen molar-refractivity contribution >= 4 is 11.7 Å². The third-order valence-corrected chi connectivity index (χ3v) is 5.28. The standard InChI is InChI=1S/C21H24N6O2/c1-14-3-5-15(6-4-14)20-19(24-13-29-20)21(28)27-10-8-16(11-27)26(2)12-18-23-9-7-17(22)25-18/h3-7,9,13,16H,8,10-12H2,1-2H3,(H2,22,23,25). The van der Waals surface area contributed by atoms with E-state index in [1.54, 1.807) is 12.3 Å². The molecular weight excluding hydrogens is 368 g/mol. The molecular formula is C21H24N6O2. The highest BCUT2D eigenvalue weighted by molar-refractivity contribution is 5.97.